The van der Waals surface area contributed by atoms with Gasteiger partial charge >= 0.3 is 5.97 Å². The standard InChI is InChI=1S/C25H23N3O3/c1-17-21(19-7-4-3-5-8-19)9-6-10-22(17)25-26-24(27-31-25)20-13-11-18(12-14-20)15-28(2)16-23(29)30/h3-14H,15-16H2,1-2H3,(H,29,30). The summed E-state index contributed by atoms with van der Waals surface area (Å²) in [6, 6.07) is 24.0. The molecule has 0 radical (unpaired) electrons. The fraction of sp³-hybridized carbons (Fsp3) is 0.160. The van der Waals surface area contributed by atoms with Crippen molar-refractivity contribution in [1.29, 1.82) is 0 Å². The first-order chi connectivity index (χ1) is 15.0. The quantitative estimate of drug-likeness (QED) is 0.464. The maximum atomic E-state index is 10.8. The molecule has 1 N–H and O–H groups in total. The molecule has 0 saturated carbocycles. The zero-order chi connectivity index (χ0) is 21.8. The molecule has 0 atom stereocenters. The van der Waals surface area contributed by atoms with Crippen LogP contribution in [0.25, 0.3) is 34.0 Å². The van der Waals surface area contributed by atoms with Crippen molar-refractivity contribution in [3.8, 4) is 34.0 Å². The molecular weight excluding hydrogens is 390 g/mol. The lowest BCUT2D eigenvalue weighted by molar-refractivity contribution is -0.138. The summed E-state index contributed by atoms with van der Waals surface area (Å²) in [7, 11) is 1.78. The maximum absolute atomic E-state index is 10.8. The third kappa shape index (κ3) is 4.70. The van der Waals surface area contributed by atoms with Crippen molar-refractivity contribution in [3.63, 3.8) is 0 Å². The Balaban J connectivity index is 1.56. The van der Waals surface area contributed by atoms with Crippen molar-refractivity contribution < 1.29 is 14.4 Å². The molecule has 31 heavy (non-hydrogen) atoms. The molecule has 4 rings (SSSR count). The van der Waals surface area contributed by atoms with Crippen LogP contribution in [0.1, 0.15) is 11.1 Å². The second-order valence-corrected chi connectivity index (χ2v) is 7.53. The van der Waals surface area contributed by atoms with E-state index >= 15 is 0 Å². The van der Waals surface area contributed by atoms with Gasteiger partial charge in [0.25, 0.3) is 5.89 Å². The smallest absolute Gasteiger partial charge is 0.317 e. The largest absolute Gasteiger partial charge is 0.480 e. The van der Waals surface area contributed by atoms with Gasteiger partial charge in [0, 0.05) is 17.7 Å². The zero-order valence-corrected chi connectivity index (χ0v) is 17.4. The third-order valence-corrected chi connectivity index (χ3v) is 5.14. The summed E-state index contributed by atoms with van der Waals surface area (Å²) in [5.74, 6) is 0.158. The predicted molar refractivity (Wildman–Crippen MR) is 119 cm³/mol. The van der Waals surface area contributed by atoms with Gasteiger partial charge in [-0.15, -0.1) is 0 Å². The number of aliphatic carboxylic acids is 1. The van der Waals surface area contributed by atoms with Gasteiger partial charge in [0.15, 0.2) is 0 Å². The van der Waals surface area contributed by atoms with Crippen molar-refractivity contribution >= 4 is 5.97 Å². The van der Waals surface area contributed by atoms with Crippen LogP contribution in [0.15, 0.2) is 77.3 Å². The summed E-state index contributed by atoms with van der Waals surface area (Å²) in [5.41, 5.74) is 6.13. The monoisotopic (exact) mass is 413 g/mol. The Hall–Kier alpha value is -3.77. The van der Waals surface area contributed by atoms with Crippen molar-refractivity contribution in [2.75, 3.05) is 13.6 Å². The Labute approximate surface area is 180 Å². The van der Waals surface area contributed by atoms with Crippen LogP contribution >= 0.6 is 0 Å². The Morgan fingerprint density at radius 3 is 2.35 bits per heavy atom. The number of likely N-dealkylation sites (N-methyl/N-ethyl adjacent to an activating group) is 1. The topological polar surface area (TPSA) is 79.5 Å². The summed E-state index contributed by atoms with van der Waals surface area (Å²) in [6.45, 7) is 2.61. The number of hydrogen-bond acceptors (Lipinski definition) is 5. The van der Waals surface area contributed by atoms with E-state index in [2.05, 4.69) is 35.3 Å². The summed E-state index contributed by atoms with van der Waals surface area (Å²) < 4.78 is 5.58. The lowest BCUT2D eigenvalue weighted by Gasteiger charge is -2.13. The van der Waals surface area contributed by atoms with E-state index in [0.29, 0.717) is 18.3 Å². The van der Waals surface area contributed by atoms with Crippen molar-refractivity contribution in [1.82, 2.24) is 15.0 Å². The first kappa shape index (κ1) is 20.5. The Bertz CT molecular complexity index is 1180. The molecule has 0 unspecified atom stereocenters. The number of carboxylic acids is 1. The molecule has 6 nitrogen and oxygen atoms in total. The Kier molecular flexibility index (Phi) is 5.91. The summed E-state index contributed by atoms with van der Waals surface area (Å²) >= 11 is 0. The zero-order valence-electron chi connectivity index (χ0n) is 17.4. The number of rotatable bonds is 7. The van der Waals surface area contributed by atoms with E-state index in [4.69, 9.17) is 9.63 Å². The van der Waals surface area contributed by atoms with Gasteiger partial charge in [0.2, 0.25) is 5.82 Å². The minimum atomic E-state index is -0.843. The number of hydrogen-bond donors (Lipinski definition) is 1. The molecule has 0 fully saturated rings. The average molecular weight is 413 g/mol. The Morgan fingerprint density at radius 2 is 1.65 bits per heavy atom. The van der Waals surface area contributed by atoms with Crippen molar-refractivity contribution in [2.45, 2.75) is 13.5 Å². The fourth-order valence-electron chi connectivity index (χ4n) is 3.61. The van der Waals surface area contributed by atoms with Crippen LogP contribution in [0.4, 0.5) is 0 Å². The van der Waals surface area contributed by atoms with Gasteiger partial charge in [-0.3, -0.25) is 9.69 Å². The highest BCUT2D eigenvalue weighted by Crippen LogP contribution is 2.31. The van der Waals surface area contributed by atoms with E-state index in [1.165, 1.54) is 0 Å². The first-order valence-corrected chi connectivity index (χ1v) is 10.00. The molecule has 4 aromatic rings. The molecule has 0 amide bonds. The molecule has 3 aromatic carbocycles. The van der Waals surface area contributed by atoms with Gasteiger partial charge in [-0.25, -0.2) is 0 Å². The molecule has 0 spiro atoms. The van der Waals surface area contributed by atoms with Gasteiger partial charge in [-0.2, -0.15) is 4.98 Å². The molecule has 0 saturated heterocycles. The van der Waals surface area contributed by atoms with E-state index in [1.807, 2.05) is 54.6 Å². The fourth-order valence-corrected chi connectivity index (χ4v) is 3.61. The highest BCUT2D eigenvalue weighted by molar-refractivity contribution is 5.75. The van der Waals surface area contributed by atoms with E-state index in [1.54, 1.807) is 11.9 Å². The molecule has 1 aromatic heterocycles. The van der Waals surface area contributed by atoms with Gasteiger partial charge in [-0.1, -0.05) is 71.9 Å². The molecule has 6 heteroatoms. The molecule has 156 valence electrons. The maximum Gasteiger partial charge on any atom is 0.317 e. The minimum Gasteiger partial charge on any atom is -0.480 e. The lowest BCUT2D eigenvalue weighted by atomic mass is 9.96. The van der Waals surface area contributed by atoms with Crippen LogP contribution in [0, 0.1) is 6.92 Å². The number of carbonyl (C=O) groups is 1. The summed E-state index contributed by atoms with van der Waals surface area (Å²) in [6.07, 6.45) is 0. The van der Waals surface area contributed by atoms with Crippen LogP contribution in [-0.4, -0.2) is 39.7 Å². The van der Waals surface area contributed by atoms with Crippen molar-refractivity contribution in [2.24, 2.45) is 0 Å². The average Bonchev–Trinajstić information content (AvgIpc) is 3.24. The lowest BCUT2D eigenvalue weighted by Crippen LogP contribution is -2.25. The number of aromatic nitrogens is 2. The summed E-state index contributed by atoms with van der Waals surface area (Å²) in [4.78, 5) is 17.2. The minimum absolute atomic E-state index is 0.00263. The van der Waals surface area contributed by atoms with Crippen LogP contribution in [0.2, 0.25) is 0 Å². The third-order valence-electron chi connectivity index (χ3n) is 5.14. The van der Waals surface area contributed by atoms with E-state index in [0.717, 1.165) is 33.4 Å². The molecule has 0 aliphatic rings. The van der Waals surface area contributed by atoms with Gasteiger partial charge in [0.1, 0.15) is 0 Å². The molecular formula is C25H23N3O3. The van der Waals surface area contributed by atoms with Gasteiger partial charge in [0.05, 0.1) is 6.54 Å². The SMILES string of the molecule is Cc1c(-c2ccccc2)cccc1-c1nc(-c2ccc(CN(C)CC(=O)O)cc2)no1. The second kappa shape index (κ2) is 8.93. The molecule has 1 heterocycles. The van der Waals surface area contributed by atoms with Crippen LogP contribution in [0.5, 0.6) is 0 Å². The van der Waals surface area contributed by atoms with Crippen LogP contribution in [-0.2, 0) is 11.3 Å². The molecule has 0 bridgehead atoms. The van der Waals surface area contributed by atoms with Crippen molar-refractivity contribution in [3.05, 3.63) is 83.9 Å². The highest BCUT2D eigenvalue weighted by Gasteiger charge is 2.15. The Morgan fingerprint density at radius 1 is 0.935 bits per heavy atom. The number of benzene rings is 3. The normalized spacial score (nSPS) is 11.1. The first-order valence-electron chi connectivity index (χ1n) is 10.00. The predicted octanol–water partition coefficient (Wildman–Crippen LogP) is 4.90. The van der Waals surface area contributed by atoms with Crippen LogP contribution in [0.3, 0.4) is 0 Å². The highest BCUT2D eigenvalue weighted by atomic mass is 16.5. The van der Waals surface area contributed by atoms with E-state index in [9.17, 15) is 4.79 Å². The summed E-state index contributed by atoms with van der Waals surface area (Å²) in [5, 5.41) is 13.0. The number of nitrogens with zero attached hydrogens (tertiary/aromatic N) is 3. The van der Waals surface area contributed by atoms with Crippen LogP contribution < -0.4 is 0 Å². The van der Waals surface area contributed by atoms with E-state index in [-0.39, 0.29) is 6.54 Å². The van der Waals surface area contributed by atoms with Gasteiger partial charge < -0.3 is 9.63 Å². The van der Waals surface area contributed by atoms with Gasteiger partial charge in [-0.05, 0) is 42.3 Å². The van der Waals surface area contributed by atoms with E-state index < -0.39 is 5.97 Å². The second-order valence-electron chi connectivity index (χ2n) is 7.53. The number of carboxylic acid groups (broad SMARTS) is 1. The molecule has 0 aliphatic heterocycles. The molecule has 0 aliphatic carbocycles.